The number of hydrogen-bond donors (Lipinski definition) is 3. The van der Waals surface area contributed by atoms with E-state index in [0.717, 1.165) is 6.07 Å². The normalized spacial score (nSPS) is 9.79. The monoisotopic (exact) mass is 325 g/mol. The minimum Gasteiger partial charge on any atom is -0.478 e. The van der Waals surface area contributed by atoms with E-state index in [1.807, 2.05) is 6.07 Å². The van der Waals surface area contributed by atoms with E-state index in [1.165, 1.54) is 30.3 Å². The van der Waals surface area contributed by atoms with Gasteiger partial charge in [0.2, 0.25) is 5.91 Å². The van der Waals surface area contributed by atoms with Crippen LogP contribution in [-0.4, -0.2) is 22.9 Å². The highest BCUT2D eigenvalue weighted by molar-refractivity contribution is 6.00. The molecule has 0 aliphatic rings. The third kappa shape index (κ3) is 3.31. The topological polar surface area (TPSA) is 156 Å². The van der Waals surface area contributed by atoms with E-state index in [1.54, 1.807) is 0 Å². The lowest BCUT2D eigenvalue weighted by molar-refractivity contribution is 0.0696. The van der Waals surface area contributed by atoms with Crippen LogP contribution in [-0.2, 0) is 0 Å². The standard InChI is InChI=1S/C16H11N3O5/c17-7-10-5-9(16(22)23)2-3-12(10)24-13-4-1-8(14(18)20)6-11(13)15(19)21/h1-6H,(H2,18,20)(H2,19,21)(H,22,23). The number of amides is 2. The first-order valence-corrected chi connectivity index (χ1v) is 6.52. The maximum atomic E-state index is 11.5. The third-order valence-electron chi connectivity index (χ3n) is 3.10. The van der Waals surface area contributed by atoms with Gasteiger partial charge in [0.1, 0.15) is 17.6 Å². The van der Waals surface area contributed by atoms with E-state index in [4.69, 9.17) is 26.6 Å². The summed E-state index contributed by atoms with van der Waals surface area (Å²) >= 11 is 0. The number of carboxylic acids is 1. The predicted molar refractivity (Wildman–Crippen MR) is 81.7 cm³/mol. The minimum absolute atomic E-state index is 0.00655. The molecule has 0 radical (unpaired) electrons. The van der Waals surface area contributed by atoms with Gasteiger partial charge in [0.05, 0.1) is 16.7 Å². The van der Waals surface area contributed by atoms with Gasteiger partial charge in [-0.2, -0.15) is 5.26 Å². The number of primary amides is 2. The van der Waals surface area contributed by atoms with Crippen LogP contribution in [0.1, 0.15) is 36.6 Å². The fraction of sp³-hybridized carbons (Fsp3) is 0. The summed E-state index contributed by atoms with van der Waals surface area (Å²) in [6.45, 7) is 0. The summed E-state index contributed by atoms with van der Waals surface area (Å²) in [5, 5.41) is 18.1. The van der Waals surface area contributed by atoms with Crippen LogP contribution in [0.25, 0.3) is 0 Å². The molecular weight excluding hydrogens is 314 g/mol. The second-order valence-corrected chi connectivity index (χ2v) is 4.67. The number of hydrogen-bond acceptors (Lipinski definition) is 5. The van der Waals surface area contributed by atoms with Crippen molar-refractivity contribution in [3.05, 3.63) is 58.7 Å². The van der Waals surface area contributed by atoms with Crippen LogP contribution in [0.5, 0.6) is 11.5 Å². The summed E-state index contributed by atoms with van der Waals surface area (Å²) in [5.74, 6) is -2.74. The van der Waals surface area contributed by atoms with Crippen molar-refractivity contribution in [3.8, 4) is 17.6 Å². The molecule has 0 aliphatic carbocycles. The number of carbonyl (C=O) groups is 3. The molecule has 2 aromatic rings. The first-order valence-electron chi connectivity index (χ1n) is 6.52. The quantitative estimate of drug-likeness (QED) is 0.750. The van der Waals surface area contributed by atoms with E-state index in [0.29, 0.717) is 0 Å². The molecule has 0 aromatic heterocycles. The minimum atomic E-state index is -1.19. The Morgan fingerprint density at radius 3 is 2.12 bits per heavy atom. The third-order valence-corrected chi connectivity index (χ3v) is 3.10. The average Bonchev–Trinajstić information content (AvgIpc) is 2.54. The SMILES string of the molecule is N#Cc1cc(C(=O)O)ccc1Oc1ccc(C(N)=O)cc1C(N)=O. The van der Waals surface area contributed by atoms with E-state index in [2.05, 4.69) is 0 Å². The van der Waals surface area contributed by atoms with E-state index < -0.39 is 17.8 Å². The molecule has 0 saturated heterocycles. The first kappa shape index (κ1) is 16.5. The molecule has 0 saturated carbocycles. The predicted octanol–water partition coefficient (Wildman–Crippen LogP) is 1.25. The Balaban J connectivity index is 2.48. The molecule has 0 fully saturated rings. The van der Waals surface area contributed by atoms with Crippen molar-refractivity contribution in [1.82, 2.24) is 0 Å². The molecule has 0 heterocycles. The Kier molecular flexibility index (Phi) is 4.47. The van der Waals surface area contributed by atoms with Crippen molar-refractivity contribution in [2.24, 2.45) is 11.5 Å². The van der Waals surface area contributed by atoms with Gasteiger partial charge in [0, 0.05) is 5.56 Å². The van der Waals surface area contributed by atoms with Crippen LogP contribution in [0.4, 0.5) is 0 Å². The highest BCUT2D eigenvalue weighted by Gasteiger charge is 2.16. The number of rotatable bonds is 5. The van der Waals surface area contributed by atoms with Crippen LogP contribution in [0.3, 0.4) is 0 Å². The number of carboxylic acid groups (broad SMARTS) is 1. The second kappa shape index (κ2) is 6.50. The smallest absolute Gasteiger partial charge is 0.335 e. The Hall–Kier alpha value is -3.86. The molecule has 2 rings (SSSR count). The molecule has 120 valence electrons. The molecule has 24 heavy (non-hydrogen) atoms. The number of carbonyl (C=O) groups excluding carboxylic acids is 2. The van der Waals surface area contributed by atoms with Crippen molar-refractivity contribution in [1.29, 1.82) is 5.26 Å². The molecule has 2 amide bonds. The fourth-order valence-electron chi connectivity index (χ4n) is 1.92. The fourth-order valence-corrected chi connectivity index (χ4v) is 1.92. The van der Waals surface area contributed by atoms with Crippen molar-refractivity contribution in [2.45, 2.75) is 0 Å². The zero-order chi connectivity index (χ0) is 17.9. The average molecular weight is 325 g/mol. The van der Waals surface area contributed by atoms with Gasteiger partial charge in [0.15, 0.2) is 0 Å². The molecule has 0 spiro atoms. The molecule has 0 atom stereocenters. The summed E-state index contributed by atoms with van der Waals surface area (Å²) in [6, 6.07) is 9.31. The summed E-state index contributed by atoms with van der Waals surface area (Å²) < 4.78 is 5.49. The van der Waals surface area contributed by atoms with Gasteiger partial charge in [0.25, 0.3) is 5.91 Å². The lowest BCUT2D eigenvalue weighted by Gasteiger charge is -2.11. The summed E-state index contributed by atoms with van der Waals surface area (Å²) in [6.07, 6.45) is 0. The van der Waals surface area contributed by atoms with Crippen LogP contribution in [0.2, 0.25) is 0 Å². The summed E-state index contributed by atoms with van der Waals surface area (Å²) in [5.41, 5.74) is 10.2. The second-order valence-electron chi connectivity index (χ2n) is 4.67. The maximum absolute atomic E-state index is 11.5. The Morgan fingerprint density at radius 1 is 0.958 bits per heavy atom. The number of ether oxygens (including phenoxy) is 1. The van der Waals surface area contributed by atoms with Gasteiger partial charge in [-0.25, -0.2) is 4.79 Å². The molecule has 0 bridgehead atoms. The Bertz CT molecular complexity index is 899. The van der Waals surface area contributed by atoms with Crippen LogP contribution in [0, 0.1) is 11.3 Å². The van der Waals surface area contributed by atoms with E-state index in [9.17, 15) is 14.4 Å². The number of nitrogens with zero attached hydrogens (tertiary/aromatic N) is 1. The van der Waals surface area contributed by atoms with Crippen molar-refractivity contribution in [3.63, 3.8) is 0 Å². The van der Waals surface area contributed by atoms with Crippen LogP contribution < -0.4 is 16.2 Å². The number of nitriles is 1. The summed E-state index contributed by atoms with van der Waals surface area (Å²) in [7, 11) is 0. The lowest BCUT2D eigenvalue weighted by Crippen LogP contribution is -2.16. The van der Waals surface area contributed by atoms with Gasteiger partial charge >= 0.3 is 5.97 Å². The van der Waals surface area contributed by atoms with Gasteiger partial charge in [-0.15, -0.1) is 0 Å². The largest absolute Gasteiger partial charge is 0.478 e. The van der Waals surface area contributed by atoms with Crippen molar-refractivity contribution in [2.75, 3.05) is 0 Å². The Labute approximate surface area is 135 Å². The highest BCUT2D eigenvalue weighted by atomic mass is 16.5. The Morgan fingerprint density at radius 2 is 1.58 bits per heavy atom. The maximum Gasteiger partial charge on any atom is 0.335 e. The van der Waals surface area contributed by atoms with E-state index >= 15 is 0 Å². The molecule has 0 aliphatic heterocycles. The van der Waals surface area contributed by atoms with Crippen molar-refractivity contribution < 1.29 is 24.2 Å². The highest BCUT2D eigenvalue weighted by Crippen LogP contribution is 2.29. The van der Waals surface area contributed by atoms with Gasteiger partial charge < -0.3 is 21.3 Å². The lowest BCUT2D eigenvalue weighted by atomic mass is 10.1. The van der Waals surface area contributed by atoms with Crippen LogP contribution >= 0.6 is 0 Å². The van der Waals surface area contributed by atoms with Gasteiger partial charge in [-0.05, 0) is 36.4 Å². The van der Waals surface area contributed by atoms with Crippen molar-refractivity contribution >= 4 is 17.8 Å². The molecule has 2 aromatic carbocycles. The van der Waals surface area contributed by atoms with Gasteiger partial charge in [-0.3, -0.25) is 9.59 Å². The molecular formula is C16H11N3O5. The number of nitrogens with two attached hydrogens (primary N) is 2. The van der Waals surface area contributed by atoms with Crippen LogP contribution in [0.15, 0.2) is 36.4 Å². The molecule has 5 N–H and O–H groups in total. The summed E-state index contributed by atoms with van der Waals surface area (Å²) in [4.78, 5) is 33.6. The number of benzene rings is 2. The molecule has 0 unspecified atom stereocenters. The number of aromatic carboxylic acids is 1. The van der Waals surface area contributed by atoms with E-state index in [-0.39, 0.29) is 33.8 Å². The molecule has 8 heteroatoms. The zero-order valence-electron chi connectivity index (χ0n) is 12.1. The molecule has 8 nitrogen and oxygen atoms in total. The zero-order valence-corrected chi connectivity index (χ0v) is 12.1. The van der Waals surface area contributed by atoms with Gasteiger partial charge in [-0.1, -0.05) is 0 Å². The first-order chi connectivity index (χ1) is 11.3.